The quantitative estimate of drug-likeness (QED) is 0.0351. The Kier molecular flexibility index (Phi) is 18.6. The zero-order chi connectivity index (χ0) is 46.1. The first-order valence-electron chi connectivity index (χ1n) is 20.8. The fourth-order valence-electron chi connectivity index (χ4n) is 7.10. The van der Waals surface area contributed by atoms with Crippen molar-refractivity contribution in [2.45, 2.75) is 84.7 Å². The van der Waals surface area contributed by atoms with Crippen LogP contribution >= 0.6 is 0 Å². The van der Waals surface area contributed by atoms with Crippen LogP contribution in [0.15, 0.2) is 66.9 Å². The Morgan fingerprint density at radius 2 is 1.71 bits per heavy atom. The SMILES string of the molecule is CC1CCC(=O)N1.CNCCNC(=O)c1ccc(/C(N)=C/N(N)Cc2cccc3c2CN(C(C)=O)C3)cc1.Cc1ccc(CNC(=O)C(=O)C2CCCN2C(=O)CNC=O)cc1O. The van der Waals surface area contributed by atoms with Crippen molar-refractivity contribution >= 4 is 47.4 Å². The number of fused-ring (bicyclic) bond motifs is 1. The Hall–Kier alpha value is -6.79. The second-order valence-electron chi connectivity index (χ2n) is 15.5. The van der Waals surface area contributed by atoms with Gasteiger partial charge in [-0.1, -0.05) is 42.5 Å². The first-order valence-corrected chi connectivity index (χ1v) is 20.8. The molecule has 3 aliphatic heterocycles. The number of phenols is 1. The highest BCUT2D eigenvalue weighted by Crippen LogP contribution is 2.27. The van der Waals surface area contributed by atoms with E-state index in [0.717, 1.165) is 40.7 Å². The fourth-order valence-corrected chi connectivity index (χ4v) is 7.10. The maximum absolute atomic E-state index is 12.3. The summed E-state index contributed by atoms with van der Waals surface area (Å²) in [5.74, 6) is 4.63. The number of rotatable bonds is 15. The molecule has 2 unspecified atom stereocenters. The number of ketones is 1. The van der Waals surface area contributed by atoms with Crippen molar-refractivity contribution in [1.82, 2.24) is 41.4 Å². The predicted molar refractivity (Wildman–Crippen MR) is 236 cm³/mol. The fraction of sp³-hybridized carbons (Fsp3) is 0.400. The Balaban J connectivity index is 0.000000243. The molecule has 0 aliphatic carbocycles. The average Bonchev–Trinajstić information content (AvgIpc) is 4.04. The minimum absolute atomic E-state index is 0.0649. The molecule has 3 aromatic carbocycles. The molecular formula is C45H60N10O8. The van der Waals surface area contributed by atoms with Gasteiger partial charge in [0.15, 0.2) is 0 Å². The number of hydrogen-bond acceptors (Lipinski definition) is 12. The highest BCUT2D eigenvalue weighted by atomic mass is 16.3. The molecule has 2 saturated heterocycles. The Bertz CT molecular complexity index is 2140. The molecule has 2 atom stereocenters. The number of nitrogens with two attached hydrogens (primary N) is 2. The van der Waals surface area contributed by atoms with E-state index in [-0.39, 0.29) is 42.5 Å². The number of aryl methyl sites for hydroxylation is 1. The molecule has 10 N–H and O–H groups in total. The lowest BCUT2D eigenvalue weighted by Gasteiger charge is -2.23. The summed E-state index contributed by atoms with van der Waals surface area (Å²) in [5.41, 5.74) is 12.8. The number of likely N-dealkylation sites (N-methyl/N-ethyl adjacent to an activating group) is 1. The van der Waals surface area contributed by atoms with Crippen molar-refractivity contribution in [2.24, 2.45) is 11.6 Å². The zero-order valence-corrected chi connectivity index (χ0v) is 36.4. The topological polar surface area (TPSA) is 262 Å². The molecule has 18 nitrogen and oxygen atoms in total. The first-order chi connectivity index (χ1) is 30.1. The van der Waals surface area contributed by atoms with E-state index < -0.39 is 17.7 Å². The maximum Gasteiger partial charge on any atom is 0.289 e. The standard InChI is InChI=1S/C23H30N6O2.C17H21N3O5.C5H9NO/c1-16(30)28-12-19-4-3-5-20(21(19)14-28)13-29(25)15-22(24)17-6-8-18(9-7-17)23(31)27-11-10-26-2;1-11-4-5-12(7-14(11)22)8-19-17(25)16(24)13-3-2-6-20(13)15(23)9-18-10-21;1-4-2-3-5(7)6-4/h3-9,15,26H,10-14,24-25H2,1-2H3,(H,27,31);4-5,7,10,13,22H,2-3,6,8-9H2,1H3,(H,18,21)(H,19,25);4H,2-3H2,1H3,(H,6,7)/b22-15-;;. The van der Waals surface area contributed by atoms with Crippen molar-refractivity contribution in [1.29, 1.82) is 0 Å². The van der Waals surface area contributed by atoms with Gasteiger partial charge in [-0.2, -0.15) is 0 Å². The summed E-state index contributed by atoms with van der Waals surface area (Å²) in [5, 5.41) is 24.6. The van der Waals surface area contributed by atoms with Crippen LogP contribution in [-0.2, 0) is 54.9 Å². The number of phenolic OH excluding ortho intramolecular Hbond substituents is 1. The zero-order valence-electron chi connectivity index (χ0n) is 36.4. The molecule has 6 amide bonds. The van der Waals surface area contributed by atoms with Gasteiger partial charge in [0, 0.05) is 70.4 Å². The van der Waals surface area contributed by atoms with Gasteiger partial charge in [-0.15, -0.1) is 0 Å². The molecule has 6 rings (SSSR count). The third kappa shape index (κ3) is 14.7. The molecule has 0 bridgehead atoms. The van der Waals surface area contributed by atoms with Crippen LogP contribution in [0, 0.1) is 6.92 Å². The lowest BCUT2D eigenvalue weighted by atomic mass is 10.0. The summed E-state index contributed by atoms with van der Waals surface area (Å²) in [6.07, 6.45) is 4.88. The summed E-state index contributed by atoms with van der Waals surface area (Å²) in [6, 6.07) is 17.8. The average molecular weight is 869 g/mol. The van der Waals surface area contributed by atoms with E-state index in [1.807, 2.05) is 37.1 Å². The third-order valence-electron chi connectivity index (χ3n) is 10.7. The van der Waals surface area contributed by atoms with Crippen LogP contribution < -0.4 is 38.2 Å². The van der Waals surface area contributed by atoms with Crippen molar-refractivity contribution in [3.63, 3.8) is 0 Å². The Morgan fingerprint density at radius 3 is 2.33 bits per heavy atom. The normalized spacial score (nSPS) is 16.3. The lowest BCUT2D eigenvalue weighted by molar-refractivity contribution is -0.144. The molecule has 0 saturated carbocycles. The summed E-state index contributed by atoms with van der Waals surface area (Å²) in [4.78, 5) is 84.0. The molecule has 3 aliphatic rings. The van der Waals surface area contributed by atoms with E-state index in [4.69, 9.17) is 11.6 Å². The largest absolute Gasteiger partial charge is 0.508 e. The van der Waals surface area contributed by atoms with Gasteiger partial charge >= 0.3 is 0 Å². The van der Waals surface area contributed by atoms with Crippen LogP contribution in [0.4, 0.5) is 0 Å². The number of nitrogens with zero attached hydrogens (tertiary/aromatic N) is 3. The maximum atomic E-state index is 12.3. The number of amides is 6. The van der Waals surface area contributed by atoms with E-state index >= 15 is 0 Å². The van der Waals surface area contributed by atoms with Crippen LogP contribution in [0.2, 0.25) is 0 Å². The van der Waals surface area contributed by atoms with Crippen molar-refractivity contribution < 1.29 is 38.7 Å². The predicted octanol–water partition coefficient (Wildman–Crippen LogP) is 1.04. The smallest absolute Gasteiger partial charge is 0.289 e. The van der Waals surface area contributed by atoms with E-state index in [0.29, 0.717) is 81.4 Å². The van der Waals surface area contributed by atoms with Gasteiger partial charge < -0.3 is 52.2 Å². The molecule has 18 heteroatoms. The molecule has 0 radical (unpaired) electrons. The number of carbonyl (C=O) groups is 7. The number of hydrogen-bond donors (Lipinski definition) is 8. The number of carbonyl (C=O) groups excluding carboxylic acids is 7. The van der Waals surface area contributed by atoms with Gasteiger partial charge in [-0.3, -0.25) is 33.6 Å². The van der Waals surface area contributed by atoms with Crippen LogP contribution in [0.1, 0.15) is 83.3 Å². The monoisotopic (exact) mass is 868 g/mol. The molecule has 3 aromatic rings. The molecular weight excluding hydrogens is 809 g/mol. The number of likely N-dealkylation sites (tertiary alicyclic amines) is 1. The molecule has 0 spiro atoms. The van der Waals surface area contributed by atoms with E-state index in [9.17, 15) is 38.7 Å². The molecule has 63 heavy (non-hydrogen) atoms. The van der Waals surface area contributed by atoms with Crippen LogP contribution in [0.5, 0.6) is 5.75 Å². The lowest BCUT2D eigenvalue weighted by Crippen LogP contribution is -2.48. The minimum Gasteiger partial charge on any atom is -0.508 e. The second-order valence-corrected chi connectivity index (χ2v) is 15.5. The molecule has 2 fully saturated rings. The molecule has 3 heterocycles. The summed E-state index contributed by atoms with van der Waals surface area (Å²) < 4.78 is 0. The van der Waals surface area contributed by atoms with Gasteiger partial charge in [0.05, 0.1) is 18.8 Å². The number of Topliss-reactive ketones (excluding diaryl/α,β-unsaturated/α-hetero) is 1. The Labute approximate surface area is 367 Å². The van der Waals surface area contributed by atoms with Gasteiger partial charge in [-0.05, 0) is 91.7 Å². The first kappa shape index (κ1) is 48.9. The highest BCUT2D eigenvalue weighted by molar-refractivity contribution is 6.38. The number of benzene rings is 3. The number of aromatic hydroxyl groups is 1. The van der Waals surface area contributed by atoms with Crippen LogP contribution in [-0.4, -0.2) is 107 Å². The Morgan fingerprint density at radius 1 is 0.984 bits per heavy atom. The van der Waals surface area contributed by atoms with Gasteiger partial charge in [0.2, 0.25) is 29.9 Å². The van der Waals surface area contributed by atoms with Gasteiger partial charge in [0.25, 0.3) is 11.8 Å². The van der Waals surface area contributed by atoms with Gasteiger partial charge in [0.1, 0.15) is 11.8 Å². The molecule has 0 aromatic heterocycles. The minimum atomic E-state index is -0.799. The second kappa shape index (κ2) is 24.0. The van der Waals surface area contributed by atoms with Crippen molar-refractivity contribution in [2.75, 3.05) is 33.2 Å². The summed E-state index contributed by atoms with van der Waals surface area (Å²) in [7, 11) is 1.84. The number of hydrazine groups is 1. The van der Waals surface area contributed by atoms with E-state index in [2.05, 4.69) is 26.6 Å². The number of nitrogens with one attached hydrogen (secondary N) is 5. The van der Waals surface area contributed by atoms with Crippen molar-refractivity contribution in [3.05, 3.63) is 106 Å². The van der Waals surface area contributed by atoms with Crippen LogP contribution in [0.25, 0.3) is 5.70 Å². The third-order valence-corrected chi connectivity index (χ3v) is 10.7. The summed E-state index contributed by atoms with van der Waals surface area (Å²) >= 11 is 0. The van der Waals surface area contributed by atoms with E-state index in [1.54, 1.807) is 61.5 Å². The highest BCUT2D eigenvalue weighted by Gasteiger charge is 2.37. The summed E-state index contributed by atoms with van der Waals surface area (Å²) in [6.45, 7) is 8.64. The van der Waals surface area contributed by atoms with Crippen LogP contribution in [0.3, 0.4) is 0 Å². The molecule has 338 valence electrons. The van der Waals surface area contributed by atoms with Gasteiger partial charge in [-0.25, -0.2) is 5.84 Å². The van der Waals surface area contributed by atoms with Crippen molar-refractivity contribution in [3.8, 4) is 5.75 Å². The van der Waals surface area contributed by atoms with E-state index in [1.165, 1.54) is 11.0 Å².